The van der Waals surface area contributed by atoms with Gasteiger partial charge in [-0.1, -0.05) is 12.5 Å². The quantitative estimate of drug-likeness (QED) is 0.342. The van der Waals surface area contributed by atoms with Crippen molar-refractivity contribution in [1.29, 1.82) is 0 Å². The summed E-state index contributed by atoms with van der Waals surface area (Å²) >= 11 is 0. The molecule has 1 aliphatic heterocycles. The van der Waals surface area contributed by atoms with Gasteiger partial charge in [0.25, 0.3) is 0 Å². The Morgan fingerprint density at radius 2 is 1.62 bits per heavy atom. The number of rotatable bonds is 5. The Bertz CT molecular complexity index is 1070. The first kappa shape index (κ1) is 27.4. The molecule has 1 heterocycles. The van der Waals surface area contributed by atoms with E-state index in [9.17, 15) is 30.6 Å². The number of benzene rings is 2. The zero-order chi connectivity index (χ0) is 26.7. The number of aliphatic hydroxyl groups excluding tert-OH is 4. The largest absolute Gasteiger partial charge is 0.507 e. The lowest BCUT2D eigenvalue weighted by atomic mass is 9.95. The summed E-state index contributed by atoms with van der Waals surface area (Å²) in [7, 11) is 2.94. The summed E-state index contributed by atoms with van der Waals surface area (Å²) in [6, 6.07) is 7.09. The molecule has 10 nitrogen and oxygen atoms in total. The van der Waals surface area contributed by atoms with Crippen LogP contribution in [0.2, 0.25) is 0 Å². The number of phenols is 2. The zero-order valence-electron chi connectivity index (χ0n) is 21.0. The minimum atomic E-state index is -1.51. The van der Waals surface area contributed by atoms with Gasteiger partial charge in [0.1, 0.15) is 30.2 Å². The van der Waals surface area contributed by atoms with Gasteiger partial charge in [-0.25, -0.2) is 0 Å². The van der Waals surface area contributed by atoms with Gasteiger partial charge in [0.2, 0.25) is 5.75 Å². The van der Waals surface area contributed by atoms with Crippen LogP contribution in [-0.4, -0.2) is 88.3 Å². The predicted octanol–water partition coefficient (Wildman–Crippen LogP) is 1.63. The van der Waals surface area contributed by atoms with Crippen LogP contribution in [0.15, 0.2) is 24.3 Å². The van der Waals surface area contributed by atoms with E-state index in [2.05, 4.69) is 0 Å². The molecule has 37 heavy (non-hydrogen) atoms. The van der Waals surface area contributed by atoms with Crippen molar-refractivity contribution in [3.8, 4) is 34.1 Å². The van der Waals surface area contributed by atoms with Crippen LogP contribution in [-0.2, 0) is 22.3 Å². The summed E-state index contributed by atoms with van der Waals surface area (Å²) in [4.78, 5) is 0. The standard InChI is InChI=1S/C27H36O10/c1-34-25-18-12-15(21(30)26(25)35-2)5-3-4-6-16(9-7-14-8-10-19(29)17(18)11-14)36-27-24(33)23(32)22(31)20(13-28)37-27/h8,10-12,16,20,22-24,27-33H,3-7,9,13H2,1-2H3. The molecule has 2 aliphatic rings. The summed E-state index contributed by atoms with van der Waals surface area (Å²) in [5, 5.41) is 61.7. The Balaban J connectivity index is 1.64. The van der Waals surface area contributed by atoms with Gasteiger partial charge in [-0.3, -0.25) is 0 Å². The van der Waals surface area contributed by atoms with E-state index in [1.54, 1.807) is 6.07 Å². The minimum Gasteiger partial charge on any atom is -0.507 e. The van der Waals surface area contributed by atoms with E-state index in [4.69, 9.17) is 18.9 Å². The van der Waals surface area contributed by atoms with Crippen LogP contribution in [0.3, 0.4) is 0 Å². The maximum absolute atomic E-state index is 10.9. The highest BCUT2D eigenvalue weighted by Crippen LogP contribution is 2.48. The van der Waals surface area contributed by atoms with Crippen molar-refractivity contribution < 1.29 is 49.6 Å². The van der Waals surface area contributed by atoms with Crippen LogP contribution in [0.4, 0.5) is 0 Å². The lowest BCUT2D eigenvalue weighted by Gasteiger charge is -2.41. The molecule has 0 amide bonds. The SMILES string of the molecule is COc1c2cc(c(O)c1OC)CCCCC(OC1OC(CO)C(O)C(O)C1O)CCc1ccc(O)c-2c1. The molecular weight excluding hydrogens is 484 g/mol. The third kappa shape index (κ3) is 5.64. The number of hydrogen-bond donors (Lipinski definition) is 6. The second kappa shape index (κ2) is 11.8. The van der Waals surface area contributed by atoms with E-state index < -0.39 is 37.3 Å². The lowest BCUT2D eigenvalue weighted by molar-refractivity contribution is -0.312. The number of aliphatic hydroxyl groups is 4. The molecule has 6 atom stereocenters. The Morgan fingerprint density at radius 1 is 0.865 bits per heavy atom. The number of phenolic OH excluding ortho intramolecular Hbond substituents is 2. The molecule has 2 aromatic rings. The number of aryl methyl sites for hydroxylation is 2. The molecule has 6 unspecified atom stereocenters. The average molecular weight is 521 g/mol. The van der Waals surface area contributed by atoms with Gasteiger partial charge < -0.3 is 49.6 Å². The molecule has 6 N–H and O–H groups in total. The smallest absolute Gasteiger partial charge is 0.203 e. The lowest BCUT2D eigenvalue weighted by Crippen LogP contribution is -2.59. The molecule has 4 bridgehead atoms. The molecule has 0 aromatic heterocycles. The number of methoxy groups -OCH3 is 2. The molecule has 4 rings (SSSR count). The topological polar surface area (TPSA) is 158 Å². The van der Waals surface area contributed by atoms with Crippen molar-refractivity contribution in [1.82, 2.24) is 0 Å². The van der Waals surface area contributed by atoms with Crippen molar-refractivity contribution in [3.05, 3.63) is 35.4 Å². The van der Waals surface area contributed by atoms with Crippen LogP contribution in [0.25, 0.3) is 11.1 Å². The molecule has 0 spiro atoms. The third-order valence-electron chi connectivity index (χ3n) is 7.20. The van der Waals surface area contributed by atoms with Crippen molar-refractivity contribution in [2.75, 3.05) is 20.8 Å². The summed E-state index contributed by atoms with van der Waals surface area (Å²) < 4.78 is 22.7. The van der Waals surface area contributed by atoms with Crippen LogP contribution in [0, 0.1) is 0 Å². The van der Waals surface area contributed by atoms with Crippen molar-refractivity contribution in [3.63, 3.8) is 0 Å². The first-order valence-corrected chi connectivity index (χ1v) is 12.5. The summed E-state index contributed by atoms with van der Waals surface area (Å²) in [5.74, 6) is 0.584. The van der Waals surface area contributed by atoms with Crippen LogP contribution < -0.4 is 9.47 Å². The zero-order valence-corrected chi connectivity index (χ0v) is 21.0. The van der Waals surface area contributed by atoms with E-state index in [0.29, 0.717) is 54.5 Å². The summed E-state index contributed by atoms with van der Waals surface area (Å²) in [5.41, 5.74) is 2.73. The third-order valence-corrected chi connectivity index (χ3v) is 7.20. The molecule has 0 saturated carbocycles. The van der Waals surface area contributed by atoms with Gasteiger partial charge >= 0.3 is 0 Å². The summed E-state index contributed by atoms with van der Waals surface area (Å²) in [6.07, 6.45) is -3.32. The van der Waals surface area contributed by atoms with Gasteiger partial charge in [0.05, 0.1) is 26.9 Å². The summed E-state index contributed by atoms with van der Waals surface area (Å²) in [6.45, 7) is -0.527. The highest BCUT2D eigenvalue weighted by atomic mass is 16.7. The molecule has 10 heteroatoms. The van der Waals surface area contributed by atoms with Crippen molar-refractivity contribution >= 4 is 0 Å². The molecular formula is C27H36O10. The van der Waals surface area contributed by atoms with Gasteiger partial charge in [0, 0.05) is 11.1 Å². The normalized spacial score (nSPS) is 28.5. The molecule has 1 aliphatic carbocycles. The highest BCUT2D eigenvalue weighted by molar-refractivity contribution is 5.81. The molecule has 204 valence electrons. The first-order chi connectivity index (χ1) is 17.8. The number of fused-ring (bicyclic) bond motifs is 5. The number of ether oxygens (including phenoxy) is 4. The second-order valence-electron chi connectivity index (χ2n) is 9.59. The van der Waals surface area contributed by atoms with Crippen LogP contribution in [0.5, 0.6) is 23.0 Å². The molecule has 0 radical (unpaired) electrons. The van der Waals surface area contributed by atoms with E-state index in [1.165, 1.54) is 14.2 Å². The monoisotopic (exact) mass is 520 g/mol. The predicted molar refractivity (Wildman–Crippen MR) is 133 cm³/mol. The fourth-order valence-electron chi connectivity index (χ4n) is 5.09. The fraction of sp³-hybridized carbons (Fsp3) is 0.556. The van der Waals surface area contributed by atoms with Crippen LogP contribution >= 0.6 is 0 Å². The van der Waals surface area contributed by atoms with E-state index in [0.717, 1.165) is 12.0 Å². The molecule has 1 saturated heterocycles. The Hall–Kier alpha value is -2.60. The van der Waals surface area contributed by atoms with E-state index in [-0.39, 0.29) is 23.4 Å². The van der Waals surface area contributed by atoms with Gasteiger partial charge in [-0.05, 0) is 61.4 Å². The van der Waals surface area contributed by atoms with Crippen molar-refractivity contribution in [2.45, 2.75) is 75.3 Å². The van der Waals surface area contributed by atoms with E-state index in [1.807, 2.05) is 18.2 Å². The van der Waals surface area contributed by atoms with E-state index >= 15 is 0 Å². The van der Waals surface area contributed by atoms with Gasteiger partial charge in [-0.15, -0.1) is 0 Å². The second-order valence-corrected chi connectivity index (χ2v) is 9.59. The van der Waals surface area contributed by atoms with Gasteiger partial charge in [-0.2, -0.15) is 0 Å². The number of aromatic hydroxyl groups is 2. The first-order valence-electron chi connectivity index (χ1n) is 12.5. The molecule has 2 aromatic carbocycles. The Morgan fingerprint density at radius 3 is 2.32 bits per heavy atom. The average Bonchev–Trinajstić information content (AvgIpc) is 2.91. The van der Waals surface area contributed by atoms with Crippen LogP contribution in [0.1, 0.15) is 36.8 Å². The van der Waals surface area contributed by atoms with Gasteiger partial charge in [0.15, 0.2) is 17.8 Å². The fourth-order valence-corrected chi connectivity index (χ4v) is 5.09. The maximum atomic E-state index is 10.9. The minimum absolute atomic E-state index is 0.0114. The molecule has 1 fully saturated rings. The van der Waals surface area contributed by atoms with Crippen molar-refractivity contribution in [2.24, 2.45) is 0 Å². The Labute approximate surface area is 215 Å². The maximum Gasteiger partial charge on any atom is 0.203 e. The Kier molecular flexibility index (Phi) is 8.79. The number of hydrogen-bond acceptors (Lipinski definition) is 10. The highest BCUT2D eigenvalue weighted by Gasteiger charge is 2.44.